The van der Waals surface area contributed by atoms with Gasteiger partial charge in [0.25, 0.3) is 0 Å². The molecule has 1 saturated heterocycles. The molecule has 5 nitrogen and oxygen atoms in total. The van der Waals surface area contributed by atoms with Gasteiger partial charge in [0.15, 0.2) is 5.96 Å². The van der Waals surface area contributed by atoms with Gasteiger partial charge >= 0.3 is 6.18 Å². The van der Waals surface area contributed by atoms with E-state index in [1.807, 2.05) is 18.7 Å². The Hall–Kier alpha value is -1.40. The third-order valence-corrected chi connectivity index (χ3v) is 5.64. The Morgan fingerprint density at radius 1 is 1.38 bits per heavy atom. The van der Waals surface area contributed by atoms with Crippen LogP contribution in [0.2, 0.25) is 0 Å². The molecule has 1 aromatic heterocycles. The van der Waals surface area contributed by atoms with Gasteiger partial charge in [-0.15, -0.1) is 35.3 Å². The van der Waals surface area contributed by atoms with Crippen LogP contribution in [0.15, 0.2) is 29.3 Å². The minimum absolute atomic E-state index is 0. The summed E-state index contributed by atoms with van der Waals surface area (Å²) < 4.78 is 44.8. The van der Waals surface area contributed by atoms with E-state index < -0.39 is 17.8 Å². The fourth-order valence-electron chi connectivity index (χ4n) is 3.19. The van der Waals surface area contributed by atoms with E-state index in [9.17, 15) is 13.2 Å². The summed E-state index contributed by atoms with van der Waals surface area (Å²) in [5.74, 6) is 0.700. The number of hydrogen-bond acceptors (Lipinski definition) is 4. The Labute approximate surface area is 189 Å². The minimum Gasteiger partial charge on any atom is -0.370 e. The second-order valence-electron chi connectivity index (χ2n) is 6.57. The van der Waals surface area contributed by atoms with Gasteiger partial charge in [-0.25, -0.2) is 4.98 Å². The average Bonchev–Trinajstić information content (AvgIpc) is 2.99. The molecule has 2 heterocycles. The molecule has 1 fully saturated rings. The van der Waals surface area contributed by atoms with Gasteiger partial charge in [0.2, 0.25) is 0 Å². The fraction of sp³-hybridized carbons (Fsp3) is 0.474. The molecule has 3 rings (SSSR count). The predicted molar refractivity (Wildman–Crippen MR) is 119 cm³/mol. The van der Waals surface area contributed by atoms with Gasteiger partial charge in [0.05, 0.1) is 36.0 Å². The van der Waals surface area contributed by atoms with Crippen molar-refractivity contribution < 1.29 is 17.9 Å². The number of hydrogen-bond donors (Lipinski definition) is 1. The zero-order valence-corrected chi connectivity index (χ0v) is 19.6. The van der Waals surface area contributed by atoms with Crippen LogP contribution in [0.4, 0.5) is 13.2 Å². The number of ether oxygens (including phenoxy) is 1. The smallest absolute Gasteiger partial charge is 0.370 e. The first-order valence-corrected chi connectivity index (χ1v) is 9.77. The molecule has 10 heteroatoms. The molecular formula is C19H24F3IN4OS. The van der Waals surface area contributed by atoms with Crippen LogP contribution >= 0.6 is 35.3 Å². The Morgan fingerprint density at radius 3 is 2.76 bits per heavy atom. The van der Waals surface area contributed by atoms with E-state index in [1.165, 1.54) is 6.07 Å². The van der Waals surface area contributed by atoms with Crippen LogP contribution in [-0.2, 0) is 17.5 Å². The van der Waals surface area contributed by atoms with E-state index in [4.69, 9.17) is 4.74 Å². The molecule has 0 aliphatic carbocycles. The van der Waals surface area contributed by atoms with Gasteiger partial charge in [0, 0.05) is 18.5 Å². The molecule has 1 aliphatic heterocycles. The molecule has 0 bridgehead atoms. The number of aromatic nitrogens is 1. The highest BCUT2D eigenvalue weighted by atomic mass is 127. The predicted octanol–water partition coefficient (Wildman–Crippen LogP) is 4.55. The summed E-state index contributed by atoms with van der Waals surface area (Å²) in [6, 6.07) is 5.32. The lowest BCUT2D eigenvalue weighted by atomic mass is 10.0. The number of aliphatic imine (C=N–C) groups is 1. The lowest BCUT2D eigenvalue weighted by Crippen LogP contribution is -2.48. The number of thiazole rings is 1. The number of nitrogens with one attached hydrogen (secondary N) is 1. The lowest BCUT2D eigenvalue weighted by Gasteiger charge is -2.35. The molecule has 1 N–H and O–H groups in total. The van der Waals surface area contributed by atoms with Crippen molar-refractivity contribution in [2.75, 3.05) is 26.7 Å². The van der Waals surface area contributed by atoms with Crippen LogP contribution in [-0.4, -0.2) is 42.6 Å². The van der Waals surface area contributed by atoms with E-state index in [-0.39, 0.29) is 24.0 Å². The first-order valence-electron chi connectivity index (χ1n) is 8.95. The quantitative estimate of drug-likeness (QED) is 0.353. The van der Waals surface area contributed by atoms with Crippen molar-refractivity contribution in [3.05, 3.63) is 51.0 Å². The van der Waals surface area contributed by atoms with Gasteiger partial charge in [-0.2, -0.15) is 13.2 Å². The van der Waals surface area contributed by atoms with Crippen molar-refractivity contribution in [2.45, 2.75) is 32.7 Å². The van der Waals surface area contributed by atoms with Crippen LogP contribution in [0.25, 0.3) is 0 Å². The number of aryl methyl sites for hydroxylation is 2. The van der Waals surface area contributed by atoms with E-state index in [0.717, 1.165) is 27.7 Å². The zero-order valence-electron chi connectivity index (χ0n) is 16.4. The van der Waals surface area contributed by atoms with Gasteiger partial charge < -0.3 is 15.0 Å². The largest absolute Gasteiger partial charge is 0.416 e. The molecule has 1 aliphatic rings. The Kier molecular flexibility index (Phi) is 8.29. The minimum atomic E-state index is -4.37. The molecule has 1 atom stereocenters. The molecule has 0 radical (unpaired) electrons. The number of guanidine groups is 1. The maximum atomic E-state index is 13.0. The van der Waals surface area contributed by atoms with E-state index >= 15 is 0 Å². The average molecular weight is 540 g/mol. The van der Waals surface area contributed by atoms with Gasteiger partial charge in [-0.05, 0) is 31.5 Å². The first kappa shape index (κ1) is 23.9. The molecule has 0 saturated carbocycles. The highest BCUT2D eigenvalue weighted by molar-refractivity contribution is 14.0. The SMILES string of the molecule is CN=C(NCc1sc(C)nc1C)N1CCOC(c2cccc(C(F)(F)F)c2)C1.I. The Bertz CT molecular complexity index is 856. The molecule has 1 unspecified atom stereocenters. The summed E-state index contributed by atoms with van der Waals surface area (Å²) >= 11 is 1.64. The summed E-state index contributed by atoms with van der Waals surface area (Å²) in [5.41, 5.74) is 0.849. The third-order valence-electron chi connectivity index (χ3n) is 4.57. The summed E-state index contributed by atoms with van der Waals surface area (Å²) in [6.45, 7) is 6.02. The molecule has 1 aromatic carbocycles. The molecule has 160 valence electrons. The normalized spacial score (nSPS) is 17.8. The van der Waals surface area contributed by atoms with Crippen molar-refractivity contribution in [1.29, 1.82) is 0 Å². The summed E-state index contributed by atoms with van der Waals surface area (Å²) in [7, 11) is 1.70. The van der Waals surface area contributed by atoms with E-state index in [0.29, 0.717) is 37.8 Å². The maximum absolute atomic E-state index is 13.0. The first-order chi connectivity index (χ1) is 13.3. The number of alkyl halides is 3. The third kappa shape index (κ3) is 6.05. The Morgan fingerprint density at radius 2 is 2.14 bits per heavy atom. The number of halogens is 4. The lowest BCUT2D eigenvalue weighted by molar-refractivity contribution is -0.137. The van der Waals surface area contributed by atoms with Gasteiger partial charge in [-0.3, -0.25) is 4.99 Å². The van der Waals surface area contributed by atoms with Crippen molar-refractivity contribution in [1.82, 2.24) is 15.2 Å². The number of morpholine rings is 1. The summed E-state index contributed by atoms with van der Waals surface area (Å²) in [6.07, 6.45) is -4.81. The second-order valence-corrected chi connectivity index (χ2v) is 7.86. The Balaban J connectivity index is 0.00000300. The van der Waals surface area contributed by atoms with Crippen LogP contribution < -0.4 is 5.32 Å². The molecular weight excluding hydrogens is 516 g/mol. The van der Waals surface area contributed by atoms with Crippen molar-refractivity contribution >= 4 is 41.3 Å². The standard InChI is InChI=1S/C19H23F3N4OS.HI/c1-12-17(28-13(2)25-12)10-24-18(23-3)26-7-8-27-16(11-26)14-5-4-6-15(9-14)19(20,21)22;/h4-6,9,16H,7-8,10-11H2,1-3H3,(H,23,24);1H. The van der Waals surface area contributed by atoms with Crippen molar-refractivity contribution in [3.63, 3.8) is 0 Å². The van der Waals surface area contributed by atoms with Crippen LogP contribution in [0.3, 0.4) is 0 Å². The molecule has 0 amide bonds. The molecule has 2 aromatic rings. The number of benzene rings is 1. The summed E-state index contributed by atoms with van der Waals surface area (Å²) in [4.78, 5) is 11.9. The van der Waals surface area contributed by atoms with Crippen LogP contribution in [0, 0.1) is 13.8 Å². The maximum Gasteiger partial charge on any atom is 0.416 e. The second kappa shape index (κ2) is 10.1. The van der Waals surface area contributed by atoms with Crippen molar-refractivity contribution in [2.24, 2.45) is 4.99 Å². The van der Waals surface area contributed by atoms with E-state index in [2.05, 4.69) is 15.3 Å². The highest BCUT2D eigenvalue weighted by Gasteiger charge is 2.32. The number of nitrogens with zero attached hydrogens (tertiary/aromatic N) is 3. The van der Waals surface area contributed by atoms with E-state index in [1.54, 1.807) is 24.5 Å². The van der Waals surface area contributed by atoms with Crippen LogP contribution in [0.5, 0.6) is 0 Å². The van der Waals surface area contributed by atoms with Crippen molar-refractivity contribution in [3.8, 4) is 0 Å². The number of rotatable bonds is 3. The van der Waals surface area contributed by atoms with Crippen LogP contribution in [0.1, 0.15) is 32.8 Å². The molecule has 0 spiro atoms. The highest BCUT2D eigenvalue weighted by Crippen LogP contribution is 2.32. The summed E-state index contributed by atoms with van der Waals surface area (Å²) in [5, 5.41) is 4.34. The van der Waals surface area contributed by atoms with Gasteiger partial charge in [0.1, 0.15) is 6.10 Å². The molecule has 29 heavy (non-hydrogen) atoms. The fourth-order valence-corrected chi connectivity index (χ4v) is 4.06. The van der Waals surface area contributed by atoms with Gasteiger partial charge in [-0.1, -0.05) is 12.1 Å². The topological polar surface area (TPSA) is 49.8 Å². The monoisotopic (exact) mass is 540 g/mol. The zero-order chi connectivity index (χ0) is 20.3.